The SMILES string of the molecule is Cc1ccc(S(=O)(=O)Oc2ccc(S(=O)(=O)ON=C3C=CSC3=C(C#N)c3ccccc3C)cc2)cc1. The number of oxime groups is 1. The lowest BCUT2D eigenvalue weighted by molar-refractivity contribution is 0.339. The van der Waals surface area contributed by atoms with Crippen molar-refractivity contribution < 1.29 is 25.3 Å². The Morgan fingerprint density at radius 2 is 1.49 bits per heavy atom. The van der Waals surface area contributed by atoms with Gasteiger partial charge in [-0.15, -0.1) is 0 Å². The van der Waals surface area contributed by atoms with Crippen LogP contribution in [0.2, 0.25) is 0 Å². The number of hydrogen-bond donors (Lipinski definition) is 0. The highest BCUT2D eigenvalue weighted by molar-refractivity contribution is 8.07. The van der Waals surface area contributed by atoms with Crippen LogP contribution in [0.4, 0.5) is 0 Å². The minimum Gasteiger partial charge on any atom is -0.379 e. The van der Waals surface area contributed by atoms with Crippen molar-refractivity contribution in [3.8, 4) is 11.8 Å². The lowest BCUT2D eigenvalue weighted by Crippen LogP contribution is -2.10. The van der Waals surface area contributed by atoms with Crippen LogP contribution < -0.4 is 4.18 Å². The van der Waals surface area contributed by atoms with Crippen molar-refractivity contribution >= 4 is 43.3 Å². The molecular formula is C26H20N2O6S3. The second-order valence-corrected chi connectivity index (χ2v) is 11.9. The maximum absolute atomic E-state index is 12.7. The predicted molar refractivity (Wildman–Crippen MR) is 142 cm³/mol. The van der Waals surface area contributed by atoms with Crippen LogP contribution in [0.25, 0.3) is 5.57 Å². The highest BCUT2D eigenvalue weighted by Crippen LogP contribution is 2.35. The molecule has 0 atom stereocenters. The number of nitrogens with zero attached hydrogens (tertiary/aromatic N) is 2. The molecule has 3 aromatic carbocycles. The first-order valence-electron chi connectivity index (χ1n) is 10.8. The van der Waals surface area contributed by atoms with Crippen LogP contribution in [0.3, 0.4) is 0 Å². The van der Waals surface area contributed by atoms with Crippen LogP contribution >= 0.6 is 11.8 Å². The summed E-state index contributed by atoms with van der Waals surface area (Å²) in [5.74, 6) is -0.0666. The van der Waals surface area contributed by atoms with Crippen molar-refractivity contribution in [3.05, 3.63) is 106 Å². The van der Waals surface area contributed by atoms with Gasteiger partial charge in [0.1, 0.15) is 27.3 Å². The molecule has 188 valence electrons. The molecular weight excluding hydrogens is 532 g/mol. The van der Waals surface area contributed by atoms with E-state index in [9.17, 15) is 22.1 Å². The van der Waals surface area contributed by atoms with E-state index in [1.54, 1.807) is 29.7 Å². The Balaban J connectivity index is 1.54. The summed E-state index contributed by atoms with van der Waals surface area (Å²) in [6.07, 6.45) is 1.55. The van der Waals surface area contributed by atoms with E-state index in [2.05, 4.69) is 11.2 Å². The van der Waals surface area contributed by atoms with Gasteiger partial charge in [-0.3, -0.25) is 4.28 Å². The van der Waals surface area contributed by atoms with Crippen molar-refractivity contribution in [3.63, 3.8) is 0 Å². The Morgan fingerprint density at radius 1 is 0.865 bits per heavy atom. The van der Waals surface area contributed by atoms with E-state index in [1.807, 2.05) is 32.0 Å². The fraction of sp³-hybridized carbons (Fsp3) is 0.0769. The largest absolute Gasteiger partial charge is 0.379 e. The van der Waals surface area contributed by atoms with E-state index in [0.29, 0.717) is 16.0 Å². The molecule has 4 rings (SSSR count). The van der Waals surface area contributed by atoms with Gasteiger partial charge in [0, 0.05) is 0 Å². The minimum absolute atomic E-state index is 0.0252. The van der Waals surface area contributed by atoms with Gasteiger partial charge in [0.05, 0.1) is 10.5 Å². The van der Waals surface area contributed by atoms with E-state index >= 15 is 0 Å². The maximum Gasteiger partial charge on any atom is 0.358 e. The van der Waals surface area contributed by atoms with Gasteiger partial charge in [0.2, 0.25) is 0 Å². The number of hydrogen-bond acceptors (Lipinski definition) is 9. The monoisotopic (exact) mass is 552 g/mol. The molecule has 1 aliphatic rings. The van der Waals surface area contributed by atoms with Crippen LogP contribution in [0.1, 0.15) is 16.7 Å². The van der Waals surface area contributed by atoms with Crippen molar-refractivity contribution in [1.82, 2.24) is 0 Å². The highest BCUT2D eigenvalue weighted by Gasteiger charge is 2.23. The zero-order chi connectivity index (χ0) is 26.6. The summed E-state index contributed by atoms with van der Waals surface area (Å²) in [6, 6.07) is 20.4. The molecule has 0 aliphatic carbocycles. The molecule has 0 unspecified atom stereocenters. The third-order valence-electron chi connectivity index (χ3n) is 5.26. The molecule has 0 saturated carbocycles. The van der Waals surface area contributed by atoms with E-state index in [-0.39, 0.29) is 21.3 Å². The molecule has 8 nitrogen and oxygen atoms in total. The lowest BCUT2D eigenvalue weighted by atomic mass is 10.0. The Labute approximate surface area is 219 Å². The number of nitriles is 1. The molecule has 11 heteroatoms. The van der Waals surface area contributed by atoms with Crippen molar-refractivity contribution in [2.75, 3.05) is 0 Å². The van der Waals surface area contributed by atoms with Gasteiger partial charge in [0.15, 0.2) is 0 Å². The standard InChI is InChI=1S/C26H20N2O6S3/c1-18-7-11-21(12-8-18)36(29,30)33-20-9-13-22(14-10-20)37(31,32)34-28-25-15-16-35-26(25)24(17-27)23-6-4-3-5-19(23)2/h3-16H,1-2H3. The number of rotatable bonds is 7. The average Bonchev–Trinajstić information content (AvgIpc) is 3.33. The quantitative estimate of drug-likeness (QED) is 0.219. The topological polar surface area (TPSA) is 123 Å². The first-order valence-corrected chi connectivity index (χ1v) is 14.5. The normalized spacial score (nSPS) is 15.9. The van der Waals surface area contributed by atoms with E-state index in [0.717, 1.165) is 23.3 Å². The molecule has 3 aromatic rings. The number of thioether (sulfide) groups is 1. The summed E-state index contributed by atoms with van der Waals surface area (Å²) in [5, 5.41) is 15.2. The molecule has 0 N–H and O–H groups in total. The summed E-state index contributed by atoms with van der Waals surface area (Å²) in [5.41, 5.74) is 3.04. The van der Waals surface area contributed by atoms with Crippen LogP contribution in [0.15, 0.2) is 104 Å². The molecule has 37 heavy (non-hydrogen) atoms. The smallest absolute Gasteiger partial charge is 0.358 e. The zero-order valence-electron chi connectivity index (χ0n) is 19.7. The van der Waals surface area contributed by atoms with E-state index < -0.39 is 20.2 Å². The fourth-order valence-corrected chi connectivity index (χ4v) is 5.82. The van der Waals surface area contributed by atoms with Crippen LogP contribution in [0, 0.1) is 25.2 Å². The first-order chi connectivity index (χ1) is 17.6. The molecule has 0 aromatic heterocycles. The molecule has 0 spiro atoms. The number of aryl methyl sites for hydroxylation is 2. The van der Waals surface area contributed by atoms with Gasteiger partial charge in [0.25, 0.3) is 0 Å². The Morgan fingerprint density at radius 3 is 2.14 bits per heavy atom. The molecule has 1 aliphatic heterocycles. The van der Waals surface area contributed by atoms with Crippen molar-refractivity contribution in [1.29, 1.82) is 5.26 Å². The third kappa shape index (κ3) is 5.94. The molecule has 0 saturated heterocycles. The Hall–Kier alpha value is -3.85. The van der Waals surface area contributed by atoms with Gasteiger partial charge in [-0.1, -0.05) is 58.9 Å². The summed E-state index contributed by atoms with van der Waals surface area (Å²) in [4.78, 5) is 0.191. The maximum atomic E-state index is 12.7. The molecule has 0 bridgehead atoms. The minimum atomic E-state index is -4.33. The second-order valence-electron chi connectivity index (χ2n) is 7.88. The summed E-state index contributed by atoms with van der Waals surface area (Å²) >= 11 is 1.24. The predicted octanol–water partition coefficient (Wildman–Crippen LogP) is 5.33. The van der Waals surface area contributed by atoms with E-state index in [1.165, 1.54) is 36.0 Å². The Kier molecular flexibility index (Phi) is 7.54. The van der Waals surface area contributed by atoms with Crippen molar-refractivity contribution in [2.45, 2.75) is 23.6 Å². The van der Waals surface area contributed by atoms with Gasteiger partial charge in [-0.05, 0) is 72.9 Å². The summed E-state index contributed by atoms with van der Waals surface area (Å²) in [7, 11) is -8.42. The third-order valence-corrected chi connectivity index (χ3v) is 8.56. The molecule has 1 heterocycles. The van der Waals surface area contributed by atoms with Crippen LogP contribution in [-0.2, 0) is 24.5 Å². The fourth-order valence-electron chi connectivity index (χ4n) is 3.32. The van der Waals surface area contributed by atoms with Gasteiger partial charge in [-0.2, -0.15) is 22.1 Å². The van der Waals surface area contributed by atoms with Gasteiger partial charge < -0.3 is 4.18 Å². The van der Waals surface area contributed by atoms with Crippen LogP contribution in [-0.4, -0.2) is 22.5 Å². The number of allylic oxidation sites excluding steroid dienone is 3. The average molecular weight is 553 g/mol. The van der Waals surface area contributed by atoms with Gasteiger partial charge >= 0.3 is 20.2 Å². The first kappa shape index (κ1) is 26.2. The van der Waals surface area contributed by atoms with Gasteiger partial charge in [-0.25, -0.2) is 0 Å². The molecule has 0 radical (unpaired) electrons. The zero-order valence-corrected chi connectivity index (χ0v) is 22.1. The number of benzene rings is 3. The van der Waals surface area contributed by atoms with Crippen molar-refractivity contribution in [2.24, 2.45) is 5.16 Å². The summed E-state index contributed by atoms with van der Waals surface area (Å²) < 4.78 is 60.3. The second kappa shape index (κ2) is 10.6. The molecule has 0 amide bonds. The van der Waals surface area contributed by atoms with E-state index in [4.69, 9.17) is 8.47 Å². The lowest BCUT2D eigenvalue weighted by Gasteiger charge is -2.09. The highest BCUT2D eigenvalue weighted by atomic mass is 32.2. The molecule has 0 fully saturated rings. The summed E-state index contributed by atoms with van der Waals surface area (Å²) in [6.45, 7) is 3.70. The van der Waals surface area contributed by atoms with Crippen LogP contribution in [0.5, 0.6) is 5.75 Å². The Bertz CT molecular complexity index is 1680.